The van der Waals surface area contributed by atoms with E-state index >= 15 is 0 Å². The predicted octanol–water partition coefficient (Wildman–Crippen LogP) is 6.87. The minimum Gasteiger partial charge on any atom is -0.352 e. The van der Waals surface area contributed by atoms with Crippen LogP contribution in [0.5, 0.6) is 0 Å². The first-order chi connectivity index (χ1) is 19.4. The van der Waals surface area contributed by atoms with Crippen LogP contribution in [0.25, 0.3) is 0 Å². The summed E-state index contributed by atoms with van der Waals surface area (Å²) < 4.78 is 29.0. The Morgan fingerprint density at radius 1 is 0.854 bits per heavy atom. The second-order valence-electron chi connectivity index (χ2n) is 9.67. The molecule has 0 aliphatic rings. The van der Waals surface area contributed by atoms with Crippen molar-refractivity contribution in [3.8, 4) is 0 Å². The molecule has 41 heavy (non-hydrogen) atoms. The first kappa shape index (κ1) is 32.7. The Balaban J connectivity index is 2.13. The third kappa shape index (κ3) is 7.74. The molecule has 0 bridgehead atoms. The largest absolute Gasteiger partial charge is 0.352 e. The van der Waals surface area contributed by atoms with Gasteiger partial charge < -0.3 is 10.2 Å². The molecule has 3 rings (SSSR count). The number of sulfonamides is 1. The Labute approximate surface area is 257 Å². The number of carbonyl (C=O) groups is 2. The SMILES string of the molecule is CCC(C)NC(=O)C(CC)N(Cc1c(Cl)cccc1Cl)C(=O)CN(c1cccc(Cl)c1C)S(=O)(=O)c1ccccc1. The van der Waals surface area contributed by atoms with Gasteiger partial charge in [-0.05, 0) is 68.7 Å². The smallest absolute Gasteiger partial charge is 0.264 e. The molecule has 3 aromatic carbocycles. The number of anilines is 1. The predicted molar refractivity (Wildman–Crippen MR) is 166 cm³/mol. The molecule has 1 N–H and O–H groups in total. The van der Waals surface area contributed by atoms with Crippen LogP contribution in [0, 0.1) is 6.92 Å². The van der Waals surface area contributed by atoms with Crippen molar-refractivity contribution < 1.29 is 18.0 Å². The van der Waals surface area contributed by atoms with Crippen LogP contribution in [0.2, 0.25) is 15.1 Å². The molecule has 0 saturated carbocycles. The van der Waals surface area contributed by atoms with E-state index in [1.54, 1.807) is 68.4 Å². The zero-order valence-corrected chi connectivity index (χ0v) is 26.5. The molecule has 0 aromatic heterocycles. The molecule has 0 aliphatic heterocycles. The molecule has 3 aromatic rings. The van der Waals surface area contributed by atoms with Crippen molar-refractivity contribution in [2.24, 2.45) is 0 Å². The fourth-order valence-corrected chi connectivity index (χ4v) is 6.49. The highest BCUT2D eigenvalue weighted by atomic mass is 35.5. The molecule has 0 saturated heterocycles. The number of hydrogen-bond acceptors (Lipinski definition) is 4. The van der Waals surface area contributed by atoms with Crippen LogP contribution in [-0.4, -0.2) is 43.8 Å². The molecule has 2 amide bonds. The van der Waals surface area contributed by atoms with Crippen molar-refractivity contribution >= 4 is 62.3 Å². The van der Waals surface area contributed by atoms with E-state index in [-0.39, 0.29) is 35.5 Å². The molecule has 2 unspecified atom stereocenters. The van der Waals surface area contributed by atoms with Crippen LogP contribution in [0.1, 0.15) is 44.7 Å². The fraction of sp³-hybridized carbons (Fsp3) is 0.333. The highest BCUT2D eigenvalue weighted by Crippen LogP contribution is 2.32. The van der Waals surface area contributed by atoms with E-state index in [0.29, 0.717) is 32.6 Å². The van der Waals surface area contributed by atoms with Crippen molar-refractivity contribution in [3.63, 3.8) is 0 Å². The van der Waals surface area contributed by atoms with Crippen LogP contribution >= 0.6 is 34.8 Å². The number of benzene rings is 3. The normalized spacial score (nSPS) is 12.9. The van der Waals surface area contributed by atoms with Gasteiger partial charge in [0.2, 0.25) is 11.8 Å². The van der Waals surface area contributed by atoms with Gasteiger partial charge in [-0.2, -0.15) is 0 Å². The third-order valence-corrected chi connectivity index (χ3v) is 9.79. The lowest BCUT2D eigenvalue weighted by Gasteiger charge is -2.34. The van der Waals surface area contributed by atoms with Crippen LogP contribution in [0.3, 0.4) is 0 Å². The number of halogens is 3. The minimum atomic E-state index is -4.21. The van der Waals surface area contributed by atoms with Gasteiger partial charge in [0.05, 0.1) is 10.6 Å². The number of nitrogens with one attached hydrogen (secondary N) is 1. The maximum atomic E-state index is 14.2. The number of hydrogen-bond donors (Lipinski definition) is 1. The first-order valence-electron chi connectivity index (χ1n) is 13.3. The van der Waals surface area contributed by atoms with Crippen molar-refractivity contribution in [3.05, 3.63) is 92.9 Å². The van der Waals surface area contributed by atoms with E-state index in [4.69, 9.17) is 34.8 Å². The number of amides is 2. The summed E-state index contributed by atoms with van der Waals surface area (Å²) in [6, 6.07) is 16.6. The summed E-state index contributed by atoms with van der Waals surface area (Å²) >= 11 is 19.3. The highest BCUT2D eigenvalue weighted by Gasteiger charge is 2.35. The van der Waals surface area contributed by atoms with Gasteiger partial charge in [0.1, 0.15) is 12.6 Å². The van der Waals surface area contributed by atoms with E-state index < -0.39 is 28.5 Å². The average Bonchev–Trinajstić information content (AvgIpc) is 2.95. The lowest BCUT2D eigenvalue weighted by molar-refractivity contribution is -0.140. The first-order valence-corrected chi connectivity index (χ1v) is 15.8. The monoisotopic (exact) mass is 637 g/mol. The Morgan fingerprint density at radius 2 is 1.44 bits per heavy atom. The quantitative estimate of drug-likeness (QED) is 0.235. The zero-order valence-electron chi connectivity index (χ0n) is 23.4. The minimum absolute atomic E-state index is 0.00873. The van der Waals surface area contributed by atoms with Gasteiger partial charge >= 0.3 is 0 Å². The lowest BCUT2D eigenvalue weighted by atomic mass is 10.1. The van der Waals surface area contributed by atoms with E-state index in [2.05, 4.69) is 5.32 Å². The van der Waals surface area contributed by atoms with Crippen LogP contribution in [-0.2, 0) is 26.2 Å². The van der Waals surface area contributed by atoms with Gasteiger partial charge in [0.15, 0.2) is 0 Å². The second kappa shape index (κ2) is 14.4. The standard InChI is InChI=1S/C30H34Cl3N3O4S/c1-5-20(3)34-30(38)27(6-2)35(18-23-25(32)15-10-16-26(23)33)29(37)19-36(28-17-11-14-24(31)21(28)4)41(39,40)22-12-8-7-9-13-22/h7-17,20,27H,5-6,18-19H2,1-4H3,(H,34,38). The van der Waals surface area contributed by atoms with Gasteiger partial charge in [-0.25, -0.2) is 8.42 Å². The molecular weight excluding hydrogens is 605 g/mol. The Morgan fingerprint density at radius 3 is 2.02 bits per heavy atom. The zero-order chi connectivity index (χ0) is 30.3. The van der Waals surface area contributed by atoms with E-state index in [9.17, 15) is 18.0 Å². The molecule has 0 fully saturated rings. The maximum absolute atomic E-state index is 14.2. The number of rotatable bonds is 12. The topological polar surface area (TPSA) is 86.8 Å². The van der Waals surface area contributed by atoms with Crippen molar-refractivity contribution in [2.45, 2.75) is 64.1 Å². The lowest BCUT2D eigenvalue weighted by Crippen LogP contribution is -2.53. The summed E-state index contributed by atoms with van der Waals surface area (Å²) in [5.74, 6) is -0.958. The molecule has 0 aliphatic carbocycles. The molecule has 0 radical (unpaired) electrons. The van der Waals surface area contributed by atoms with E-state index in [0.717, 1.165) is 4.31 Å². The maximum Gasteiger partial charge on any atom is 0.264 e. The molecule has 220 valence electrons. The van der Waals surface area contributed by atoms with E-state index in [1.807, 2.05) is 13.8 Å². The van der Waals surface area contributed by atoms with Crippen molar-refractivity contribution in [1.29, 1.82) is 0 Å². The highest BCUT2D eigenvalue weighted by molar-refractivity contribution is 7.92. The molecule has 2 atom stereocenters. The third-order valence-electron chi connectivity index (χ3n) is 6.89. The molecule has 0 spiro atoms. The van der Waals surface area contributed by atoms with Crippen LogP contribution in [0.4, 0.5) is 5.69 Å². The summed E-state index contributed by atoms with van der Waals surface area (Å²) in [6.45, 7) is 6.60. The molecular formula is C30H34Cl3N3O4S. The van der Waals surface area contributed by atoms with Crippen LogP contribution < -0.4 is 9.62 Å². The Bertz CT molecular complexity index is 1470. The van der Waals surface area contributed by atoms with E-state index in [1.165, 1.54) is 17.0 Å². The molecule has 0 heterocycles. The van der Waals surface area contributed by atoms with Crippen molar-refractivity contribution in [2.75, 3.05) is 10.8 Å². The van der Waals surface area contributed by atoms with Gasteiger partial charge in [-0.1, -0.05) is 79.0 Å². The van der Waals surface area contributed by atoms with Gasteiger partial charge in [0, 0.05) is 33.2 Å². The Hall–Kier alpha value is -2.78. The molecule has 7 nitrogen and oxygen atoms in total. The Kier molecular flexibility index (Phi) is 11.5. The van der Waals surface area contributed by atoms with Crippen molar-refractivity contribution in [1.82, 2.24) is 10.2 Å². The summed E-state index contributed by atoms with van der Waals surface area (Å²) in [5.41, 5.74) is 1.20. The van der Waals surface area contributed by atoms with Gasteiger partial charge in [-0.3, -0.25) is 13.9 Å². The summed E-state index contributed by atoms with van der Waals surface area (Å²) in [4.78, 5) is 29.0. The number of nitrogens with zero attached hydrogens (tertiary/aromatic N) is 2. The number of carbonyl (C=O) groups excluding carboxylic acids is 2. The second-order valence-corrected chi connectivity index (χ2v) is 12.8. The van der Waals surface area contributed by atoms with Crippen LogP contribution in [0.15, 0.2) is 71.6 Å². The summed E-state index contributed by atoms with van der Waals surface area (Å²) in [5, 5.41) is 3.94. The average molecular weight is 639 g/mol. The fourth-order valence-electron chi connectivity index (χ4n) is 4.31. The summed E-state index contributed by atoms with van der Waals surface area (Å²) in [6.07, 6.45) is 0.974. The summed E-state index contributed by atoms with van der Waals surface area (Å²) in [7, 11) is -4.21. The van der Waals surface area contributed by atoms with Gasteiger partial charge in [0.25, 0.3) is 10.0 Å². The van der Waals surface area contributed by atoms with Gasteiger partial charge in [-0.15, -0.1) is 0 Å². The molecule has 11 heteroatoms.